The second-order valence-corrected chi connectivity index (χ2v) is 8.95. The lowest BCUT2D eigenvalue weighted by molar-refractivity contribution is -0.100. The summed E-state index contributed by atoms with van der Waals surface area (Å²) in [7, 11) is 0. The summed E-state index contributed by atoms with van der Waals surface area (Å²) < 4.78 is 23.6. The van der Waals surface area contributed by atoms with Crippen molar-refractivity contribution in [1.29, 1.82) is 0 Å². The maximum atomic E-state index is 13.1. The number of para-hydroxylation sites is 2. The van der Waals surface area contributed by atoms with Gasteiger partial charge in [0.2, 0.25) is 0 Å². The fourth-order valence-electron chi connectivity index (χ4n) is 3.17. The number of thiophene rings is 1. The van der Waals surface area contributed by atoms with Gasteiger partial charge in [-0.05, 0) is 61.0 Å². The normalized spacial score (nSPS) is 11.0. The molecular weight excluding hydrogens is 493 g/mol. The molecule has 0 bridgehead atoms. The number of hydroxylamine groups is 2. The molecule has 0 aliphatic carbocycles. The van der Waals surface area contributed by atoms with Gasteiger partial charge < -0.3 is 9.47 Å². The number of benzene rings is 3. The number of hydrogen-bond donors (Lipinski definition) is 0. The third-order valence-electron chi connectivity index (χ3n) is 4.95. The zero-order chi connectivity index (χ0) is 26.0. The first kappa shape index (κ1) is 25.5. The Bertz CT molecular complexity index is 1390. The monoisotopic (exact) mass is 515 g/mol. The summed E-state index contributed by atoms with van der Waals surface area (Å²) >= 11 is 1.48. The zero-order valence-corrected chi connectivity index (χ0v) is 20.6. The Morgan fingerprint density at radius 1 is 0.865 bits per heavy atom. The molecule has 0 saturated heterocycles. The lowest BCUT2D eigenvalue weighted by Crippen LogP contribution is -2.42. The highest BCUT2D eigenvalue weighted by Gasteiger charge is 2.27. The Morgan fingerprint density at radius 2 is 1.49 bits per heavy atom. The van der Waals surface area contributed by atoms with Gasteiger partial charge in [-0.15, -0.1) is 16.4 Å². The zero-order valence-electron chi connectivity index (χ0n) is 19.8. The van der Waals surface area contributed by atoms with Crippen molar-refractivity contribution in [3.8, 4) is 23.3 Å². The lowest BCUT2D eigenvalue weighted by atomic mass is 10.1. The molecule has 6 nitrogen and oxygen atoms in total. The summed E-state index contributed by atoms with van der Waals surface area (Å²) in [6, 6.07) is 26.0. The van der Waals surface area contributed by atoms with Crippen molar-refractivity contribution in [2.45, 2.75) is 19.4 Å². The summed E-state index contributed by atoms with van der Waals surface area (Å²) in [6.45, 7) is 1.60. The summed E-state index contributed by atoms with van der Waals surface area (Å²) in [5, 5.41) is 0.734. The van der Waals surface area contributed by atoms with Gasteiger partial charge >= 0.3 is 12.2 Å². The molecule has 3 aromatic carbocycles. The van der Waals surface area contributed by atoms with Crippen molar-refractivity contribution in [1.82, 2.24) is 5.06 Å². The van der Waals surface area contributed by atoms with Crippen LogP contribution < -0.4 is 9.47 Å². The SMILES string of the molecule is CC(C#Cc1ccc(Cc2ccc(F)cc2)s1)N(OC(=O)Oc1ccccc1)C(=O)Oc1ccccc1. The number of carbonyl (C=O) groups excluding carboxylic acids is 2. The van der Waals surface area contributed by atoms with Crippen molar-refractivity contribution in [3.05, 3.63) is 118 Å². The lowest BCUT2D eigenvalue weighted by Gasteiger charge is -2.22. The van der Waals surface area contributed by atoms with E-state index in [-0.39, 0.29) is 17.3 Å². The van der Waals surface area contributed by atoms with E-state index in [9.17, 15) is 14.0 Å². The van der Waals surface area contributed by atoms with Crippen LogP contribution in [0.25, 0.3) is 0 Å². The van der Waals surface area contributed by atoms with Crippen molar-refractivity contribution < 1.29 is 28.3 Å². The van der Waals surface area contributed by atoms with Crippen molar-refractivity contribution in [2.24, 2.45) is 0 Å². The number of carbonyl (C=O) groups is 2. The minimum atomic E-state index is -1.11. The molecule has 0 aliphatic heterocycles. The standard InChI is InChI=1S/C29H22FNO5S/c1-21(12-17-26-18-19-27(37-26)20-22-13-15-23(30)16-14-22)31(28(32)34-24-8-4-2-5-9-24)36-29(33)35-25-10-6-3-7-11-25/h2-11,13-16,18-19,21H,20H2,1H3. The van der Waals surface area contributed by atoms with E-state index < -0.39 is 18.3 Å². The van der Waals surface area contributed by atoms with Crippen LogP contribution in [0, 0.1) is 17.7 Å². The largest absolute Gasteiger partial charge is 0.539 e. The van der Waals surface area contributed by atoms with Crippen molar-refractivity contribution in [3.63, 3.8) is 0 Å². The minimum Gasteiger partial charge on any atom is -0.408 e. The van der Waals surface area contributed by atoms with Crippen LogP contribution in [0.1, 0.15) is 22.2 Å². The third-order valence-corrected chi connectivity index (χ3v) is 5.96. The summed E-state index contributed by atoms with van der Waals surface area (Å²) in [5.74, 6) is 6.19. The summed E-state index contributed by atoms with van der Waals surface area (Å²) in [6.07, 6.45) is -1.39. The second kappa shape index (κ2) is 12.4. The van der Waals surface area contributed by atoms with E-state index in [1.54, 1.807) is 79.7 Å². The third kappa shape index (κ3) is 7.69. The molecule has 0 radical (unpaired) electrons. The van der Waals surface area contributed by atoms with Gasteiger partial charge in [0.05, 0.1) is 4.88 Å². The predicted molar refractivity (Wildman–Crippen MR) is 138 cm³/mol. The fourth-order valence-corrected chi connectivity index (χ4v) is 4.07. The number of nitrogens with zero attached hydrogens (tertiary/aromatic N) is 1. The van der Waals surface area contributed by atoms with E-state index in [1.165, 1.54) is 23.5 Å². The number of amides is 1. The molecule has 0 spiro atoms. The van der Waals surface area contributed by atoms with Crippen LogP contribution in [0.2, 0.25) is 0 Å². The molecule has 4 rings (SSSR count). The van der Waals surface area contributed by atoms with E-state index in [4.69, 9.17) is 14.3 Å². The number of halogens is 1. The Kier molecular flexibility index (Phi) is 8.53. The van der Waals surface area contributed by atoms with Gasteiger partial charge in [-0.25, -0.2) is 14.0 Å². The molecule has 0 fully saturated rings. The fraction of sp³-hybridized carbons (Fsp3) is 0.103. The molecule has 4 aromatic rings. The molecule has 0 saturated carbocycles. The van der Waals surface area contributed by atoms with Crippen LogP contribution >= 0.6 is 11.3 Å². The van der Waals surface area contributed by atoms with Crippen molar-refractivity contribution in [2.75, 3.05) is 0 Å². The van der Waals surface area contributed by atoms with E-state index in [0.717, 1.165) is 20.4 Å². The molecular formula is C29H22FNO5S. The van der Waals surface area contributed by atoms with Gasteiger partial charge in [0.15, 0.2) is 0 Å². The summed E-state index contributed by atoms with van der Waals surface area (Å²) in [4.78, 5) is 32.3. The van der Waals surface area contributed by atoms with Gasteiger partial charge in [-0.3, -0.25) is 4.84 Å². The van der Waals surface area contributed by atoms with Crippen LogP contribution in [0.4, 0.5) is 14.0 Å². The molecule has 0 aliphatic rings. The van der Waals surface area contributed by atoms with Gasteiger partial charge in [-0.1, -0.05) is 60.4 Å². The molecule has 1 aromatic heterocycles. The second-order valence-electron chi connectivity index (χ2n) is 7.78. The first-order valence-electron chi connectivity index (χ1n) is 11.3. The van der Waals surface area contributed by atoms with E-state index in [1.807, 2.05) is 12.1 Å². The minimum absolute atomic E-state index is 0.259. The maximum Gasteiger partial charge on any atom is 0.539 e. The highest BCUT2D eigenvalue weighted by molar-refractivity contribution is 7.12. The maximum absolute atomic E-state index is 13.1. The average Bonchev–Trinajstić information content (AvgIpc) is 3.35. The quantitative estimate of drug-likeness (QED) is 0.126. The van der Waals surface area contributed by atoms with Crippen LogP contribution in [0.15, 0.2) is 97.1 Å². The van der Waals surface area contributed by atoms with E-state index >= 15 is 0 Å². The Hall–Kier alpha value is -4.61. The topological polar surface area (TPSA) is 65.1 Å². The Labute approximate surface area is 217 Å². The first-order chi connectivity index (χ1) is 18.0. The highest BCUT2D eigenvalue weighted by Crippen LogP contribution is 2.20. The molecule has 1 amide bonds. The van der Waals surface area contributed by atoms with Crippen LogP contribution in [-0.2, 0) is 11.3 Å². The van der Waals surface area contributed by atoms with Gasteiger partial charge in [-0.2, -0.15) is 0 Å². The van der Waals surface area contributed by atoms with Crippen molar-refractivity contribution >= 4 is 23.6 Å². The van der Waals surface area contributed by atoms with Gasteiger partial charge in [0.1, 0.15) is 23.4 Å². The highest BCUT2D eigenvalue weighted by atomic mass is 32.1. The number of rotatable bonds is 5. The molecule has 1 heterocycles. The van der Waals surface area contributed by atoms with Crippen LogP contribution in [-0.4, -0.2) is 23.4 Å². The van der Waals surface area contributed by atoms with Gasteiger partial charge in [0, 0.05) is 11.3 Å². The average molecular weight is 516 g/mol. The van der Waals surface area contributed by atoms with E-state index in [0.29, 0.717) is 6.42 Å². The molecule has 1 unspecified atom stereocenters. The van der Waals surface area contributed by atoms with E-state index in [2.05, 4.69) is 11.8 Å². The number of hydrogen-bond acceptors (Lipinski definition) is 6. The molecule has 1 atom stereocenters. The smallest absolute Gasteiger partial charge is 0.408 e. The Morgan fingerprint density at radius 3 is 2.14 bits per heavy atom. The van der Waals surface area contributed by atoms with Crippen LogP contribution in [0.5, 0.6) is 11.5 Å². The molecule has 8 heteroatoms. The molecule has 0 N–H and O–H groups in total. The van der Waals surface area contributed by atoms with Crippen LogP contribution in [0.3, 0.4) is 0 Å². The van der Waals surface area contributed by atoms with Gasteiger partial charge in [0.25, 0.3) is 0 Å². The predicted octanol–water partition coefficient (Wildman–Crippen LogP) is 6.85. The number of ether oxygens (including phenoxy) is 2. The molecule has 37 heavy (non-hydrogen) atoms. The first-order valence-corrected chi connectivity index (χ1v) is 12.1. The molecule has 186 valence electrons. The summed E-state index contributed by atoms with van der Waals surface area (Å²) in [5.41, 5.74) is 0.983. The Balaban J connectivity index is 1.46.